The summed E-state index contributed by atoms with van der Waals surface area (Å²) in [6.07, 6.45) is 1.52. The average molecular weight is 306 g/mol. The predicted molar refractivity (Wildman–Crippen MR) is 77.3 cm³/mol. The Kier molecular flexibility index (Phi) is 6.10. The van der Waals surface area contributed by atoms with Crippen LogP contribution in [0.2, 0.25) is 5.02 Å². The number of hydrogen-bond acceptors (Lipinski definition) is 3. The summed E-state index contributed by atoms with van der Waals surface area (Å²) in [4.78, 5) is 0.0914. The summed E-state index contributed by atoms with van der Waals surface area (Å²) in [5, 5.41) is 0.369. The number of benzene rings is 1. The van der Waals surface area contributed by atoms with Gasteiger partial charge in [-0.2, -0.15) is 0 Å². The summed E-state index contributed by atoms with van der Waals surface area (Å²) in [6.45, 7) is 6.16. The zero-order chi connectivity index (χ0) is 14.5. The molecule has 0 spiro atoms. The van der Waals surface area contributed by atoms with Crippen LogP contribution in [-0.4, -0.2) is 21.1 Å². The second-order valence-corrected chi connectivity index (χ2v) is 6.49. The van der Waals surface area contributed by atoms with Crippen LogP contribution in [0.5, 0.6) is 5.75 Å². The molecule has 1 rings (SSSR count). The van der Waals surface area contributed by atoms with E-state index in [9.17, 15) is 8.42 Å². The van der Waals surface area contributed by atoms with Crippen molar-refractivity contribution < 1.29 is 13.2 Å². The maximum Gasteiger partial charge on any atom is 0.244 e. The maximum atomic E-state index is 12.3. The highest BCUT2D eigenvalue weighted by Gasteiger charge is 2.21. The molecule has 0 amide bonds. The summed E-state index contributed by atoms with van der Waals surface area (Å²) in [6, 6.07) is 4.48. The molecule has 0 radical (unpaired) electrons. The quantitative estimate of drug-likeness (QED) is 0.841. The fourth-order valence-electron chi connectivity index (χ4n) is 1.43. The van der Waals surface area contributed by atoms with Crippen LogP contribution in [0.25, 0.3) is 0 Å². The lowest BCUT2D eigenvalue weighted by Gasteiger charge is -2.15. The van der Waals surface area contributed by atoms with E-state index < -0.39 is 10.0 Å². The molecule has 0 saturated carbocycles. The van der Waals surface area contributed by atoms with Crippen LogP contribution in [0.1, 0.15) is 33.6 Å². The average Bonchev–Trinajstić information content (AvgIpc) is 2.36. The monoisotopic (exact) mass is 305 g/mol. The molecule has 1 aromatic carbocycles. The Morgan fingerprint density at radius 3 is 2.63 bits per heavy atom. The van der Waals surface area contributed by atoms with Crippen LogP contribution in [0, 0.1) is 0 Å². The Labute approximate surface area is 120 Å². The minimum atomic E-state index is -3.61. The van der Waals surface area contributed by atoms with Crippen molar-refractivity contribution in [3.05, 3.63) is 23.2 Å². The van der Waals surface area contributed by atoms with Crippen LogP contribution in [0.4, 0.5) is 0 Å². The summed E-state index contributed by atoms with van der Waals surface area (Å²) in [7, 11) is -3.61. The van der Waals surface area contributed by atoms with E-state index in [1.54, 1.807) is 12.1 Å². The standard InChI is InChI=1S/C13H20ClNO3S/c1-4-8-18-12-7-6-11(14)9-13(12)19(16,17)15-10(3)5-2/h6-7,9-10,15H,4-5,8H2,1-3H3/t10-/m1/s1. The van der Waals surface area contributed by atoms with Gasteiger partial charge in [-0.1, -0.05) is 25.4 Å². The Morgan fingerprint density at radius 1 is 1.37 bits per heavy atom. The van der Waals surface area contributed by atoms with Crippen molar-refractivity contribution in [1.29, 1.82) is 0 Å². The first-order valence-electron chi connectivity index (χ1n) is 6.35. The number of hydrogen-bond donors (Lipinski definition) is 1. The minimum absolute atomic E-state index is 0.0914. The summed E-state index contributed by atoms with van der Waals surface area (Å²) in [5.41, 5.74) is 0. The third kappa shape index (κ3) is 4.67. The Bertz CT molecular complexity index is 517. The zero-order valence-electron chi connectivity index (χ0n) is 11.4. The molecule has 0 unspecified atom stereocenters. The number of ether oxygens (including phenoxy) is 1. The Morgan fingerprint density at radius 2 is 2.05 bits per heavy atom. The van der Waals surface area contributed by atoms with Gasteiger partial charge in [-0.15, -0.1) is 0 Å². The van der Waals surface area contributed by atoms with Gasteiger partial charge in [0, 0.05) is 11.1 Å². The number of nitrogens with one attached hydrogen (secondary N) is 1. The number of halogens is 1. The predicted octanol–water partition coefficient (Wildman–Crippen LogP) is 3.21. The molecule has 1 aromatic rings. The molecule has 0 aliphatic carbocycles. The first-order valence-corrected chi connectivity index (χ1v) is 8.21. The molecule has 108 valence electrons. The smallest absolute Gasteiger partial charge is 0.244 e. The first kappa shape index (κ1) is 16.3. The van der Waals surface area contributed by atoms with Gasteiger partial charge < -0.3 is 4.74 Å². The lowest BCUT2D eigenvalue weighted by atomic mass is 10.3. The molecule has 0 aromatic heterocycles. The SMILES string of the molecule is CCCOc1ccc(Cl)cc1S(=O)(=O)N[C@H](C)CC. The molecule has 1 N–H and O–H groups in total. The molecular weight excluding hydrogens is 286 g/mol. The van der Waals surface area contributed by atoms with Gasteiger partial charge in [0.1, 0.15) is 10.6 Å². The number of sulfonamides is 1. The van der Waals surface area contributed by atoms with Gasteiger partial charge in [-0.05, 0) is 38.0 Å². The van der Waals surface area contributed by atoms with E-state index in [1.807, 2.05) is 20.8 Å². The Balaban J connectivity index is 3.12. The van der Waals surface area contributed by atoms with Gasteiger partial charge in [0.05, 0.1) is 6.61 Å². The topological polar surface area (TPSA) is 55.4 Å². The Hall–Kier alpha value is -0.780. The van der Waals surface area contributed by atoms with E-state index in [2.05, 4.69) is 4.72 Å². The van der Waals surface area contributed by atoms with Gasteiger partial charge in [0.2, 0.25) is 10.0 Å². The van der Waals surface area contributed by atoms with E-state index in [4.69, 9.17) is 16.3 Å². The molecule has 6 heteroatoms. The highest BCUT2D eigenvalue weighted by Crippen LogP contribution is 2.27. The van der Waals surface area contributed by atoms with E-state index in [0.717, 1.165) is 6.42 Å². The molecule has 0 heterocycles. The highest BCUT2D eigenvalue weighted by molar-refractivity contribution is 7.89. The van der Waals surface area contributed by atoms with Crippen molar-refractivity contribution in [3.8, 4) is 5.75 Å². The normalized spacial score (nSPS) is 13.3. The second kappa shape index (κ2) is 7.12. The number of rotatable bonds is 7. The van der Waals surface area contributed by atoms with Crippen LogP contribution in [-0.2, 0) is 10.0 Å². The molecule has 0 aliphatic rings. The third-order valence-corrected chi connectivity index (χ3v) is 4.47. The molecule has 1 atom stereocenters. The molecule has 0 fully saturated rings. The second-order valence-electron chi connectivity index (χ2n) is 4.37. The summed E-state index contributed by atoms with van der Waals surface area (Å²) < 4.78 is 32.6. The van der Waals surface area contributed by atoms with E-state index >= 15 is 0 Å². The first-order chi connectivity index (χ1) is 8.90. The van der Waals surface area contributed by atoms with Gasteiger partial charge >= 0.3 is 0 Å². The fourth-order valence-corrected chi connectivity index (χ4v) is 3.17. The van der Waals surface area contributed by atoms with Crippen molar-refractivity contribution in [2.75, 3.05) is 6.61 Å². The van der Waals surface area contributed by atoms with Crippen molar-refractivity contribution in [3.63, 3.8) is 0 Å². The van der Waals surface area contributed by atoms with Gasteiger partial charge in [0.25, 0.3) is 0 Å². The van der Waals surface area contributed by atoms with E-state index in [1.165, 1.54) is 6.07 Å². The molecule has 0 aliphatic heterocycles. The minimum Gasteiger partial charge on any atom is -0.492 e. The van der Waals surface area contributed by atoms with Gasteiger partial charge in [-0.3, -0.25) is 0 Å². The largest absolute Gasteiger partial charge is 0.492 e. The summed E-state index contributed by atoms with van der Waals surface area (Å²) >= 11 is 5.88. The van der Waals surface area contributed by atoms with Crippen molar-refractivity contribution >= 4 is 21.6 Å². The lowest BCUT2D eigenvalue weighted by molar-refractivity contribution is 0.309. The third-order valence-electron chi connectivity index (χ3n) is 2.63. The van der Waals surface area contributed by atoms with Gasteiger partial charge in [0.15, 0.2) is 0 Å². The van der Waals surface area contributed by atoms with Crippen LogP contribution in [0.3, 0.4) is 0 Å². The molecule has 4 nitrogen and oxygen atoms in total. The van der Waals surface area contributed by atoms with Crippen molar-refractivity contribution in [2.45, 2.75) is 44.6 Å². The van der Waals surface area contributed by atoms with Crippen molar-refractivity contribution in [2.24, 2.45) is 0 Å². The van der Waals surface area contributed by atoms with Crippen LogP contribution in [0.15, 0.2) is 23.1 Å². The van der Waals surface area contributed by atoms with Crippen LogP contribution >= 0.6 is 11.6 Å². The molecule has 19 heavy (non-hydrogen) atoms. The van der Waals surface area contributed by atoms with Crippen molar-refractivity contribution in [1.82, 2.24) is 4.72 Å². The highest BCUT2D eigenvalue weighted by atomic mass is 35.5. The van der Waals surface area contributed by atoms with Gasteiger partial charge in [-0.25, -0.2) is 13.1 Å². The maximum absolute atomic E-state index is 12.3. The molecule has 0 saturated heterocycles. The molecule has 0 bridgehead atoms. The summed E-state index contributed by atoms with van der Waals surface area (Å²) in [5.74, 6) is 0.335. The van der Waals surface area contributed by atoms with E-state index in [0.29, 0.717) is 23.8 Å². The lowest BCUT2D eigenvalue weighted by Crippen LogP contribution is -2.32. The van der Waals surface area contributed by atoms with Crippen LogP contribution < -0.4 is 9.46 Å². The molecular formula is C13H20ClNO3S. The fraction of sp³-hybridized carbons (Fsp3) is 0.538. The van der Waals surface area contributed by atoms with E-state index in [-0.39, 0.29) is 10.9 Å². The zero-order valence-corrected chi connectivity index (χ0v) is 13.0.